The maximum absolute atomic E-state index is 9.76. The van der Waals surface area contributed by atoms with Crippen LogP contribution in [0.25, 0.3) is 31.6 Å². The highest BCUT2D eigenvalue weighted by Gasteiger charge is 2.19. The van der Waals surface area contributed by atoms with Crippen molar-refractivity contribution in [3.8, 4) is 22.3 Å². The molecule has 2 heterocycles. The van der Waals surface area contributed by atoms with Gasteiger partial charge in [0.25, 0.3) is 0 Å². The lowest BCUT2D eigenvalue weighted by Gasteiger charge is -2.02. The molecule has 23 heavy (non-hydrogen) atoms. The molecule has 0 bridgehead atoms. The maximum Gasteiger partial charge on any atom is 0.118 e. The van der Waals surface area contributed by atoms with Gasteiger partial charge < -0.3 is 9.30 Å². The van der Waals surface area contributed by atoms with E-state index in [9.17, 15) is 5.26 Å². The van der Waals surface area contributed by atoms with Crippen LogP contribution in [0, 0.1) is 11.3 Å². The second-order valence-electron chi connectivity index (χ2n) is 5.40. The number of ether oxygens (including phenoxy) is 1. The Morgan fingerprint density at radius 1 is 1.09 bits per heavy atom. The molecule has 0 amide bonds. The Bertz CT molecular complexity index is 1060. The number of hydrogen-bond acceptors (Lipinski definition) is 3. The van der Waals surface area contributed by atoms with Gasteiger partial charge in [0.1, 0.15) is 16.6 Å². The van der Waals surface area contributed by atoms with E-state index in [1.54, 1.807) is 18.4 Å². The first-order valence-electron chi connectivity index (χ1n) is 7.29. The number of rotatable bonds is 2. The summed E-state index contributed by atoms with van der Waals surface area (Å²) in [6, 6.07) is 18.5. The molecule has 0 saturated carbocycles. The number of thiophene rings is 1. The summed E-state index contributed by atoms with van der Waals surface area (Å²) in [5.41, 5.74) is 2.96. The van der Waals surface area contributed by atoms with Crippen LogP contribution >= 0.6 is 11.3 Å². The van der Waals surface area contributed by atoms with Crippen molar-refractivity contribution >= 4 is 32.5 Å². The largest absolute Gasteiger partial charge is 0.497 e. The van der Waals surface area contributed by atoms with Gasteiger partial charge in [-0.1, -0.05) is 18.2 Å². The molecule has 2 aromatic heterocycles. The number of benzene rings is 2. The number of aryl methyl sites for hydroxylation is 1. The molecule has 0 aliphatic carbocycles. The molecule has 0 aliphatic heterocycles. The number of aromatic nitrogens is 1. The van der Waals surface area contributed by atoms with Gasteiger partial charge in [-0.2, -0.15) is 5.26 Å². The highest BCUT2D eigenvalue weighted by Crippen LogP contribution is 2.43. The van der Waals surface area contributed by atoms with Gasteiger partial charge in [0.05, 0.1) is 17.6 Å². The molecule has 0 spiro atoms. The molecule has 0 atom stereocenters. The Morgan fingerprint density at radius 3 is 2.52 bits per heavy atom. The van der Waals surface area contributed by atoms with Crippen LogP contribution in [0.5, 0.6) is 5.75 Å². The summed E-state index contributed by atoms with van der Waals surface area (Å²) in [6.07, 6.45) is 0. The lowest BCUT2D eigenvalue weighted by molar-refractivity contribution is 0.415. The average molecular weight is 318 g/mol. The highest BCUT2D eigenvalue weighted by molar-refractivity contribution is 7.22. The van der Waals surface area contributed by atoms with E-state index in [1.165, 1.54) is 0 Å². The zero-order valence-electron chi connectivity index (χ0n) is 12.8. The number of methoxy groups -OCH3 is 1. The van der Waals surface area contributed by atoms with Crippen molar-refractivity contribution in [3.63, 3.8) is 0 Å². The lowest BCUT2D eigenvalue weighted by Crippen LogP contribution is -1.84. The molecule has 0 N–H and O–H groups in total. The van der Waals surface area contributed by atoms with Crippen LogP contribution in [0.4, 0.5) is 0 Å². The van der Waals surface area contributed by atoms with Gasteiger partial charge in [0, 0.05) is 23.3 Å². The van der Waals surface area contributed by atoms with Crippen LogP contribution in [0.2, 0.25) is 0 Å². The van der Waals surface area contributed by atoms with Crippen molar-refractivity contribution in [1.82, 2.24) is 4.57 Å². The third-order valence-corrected chi connectivity index (χ3v) is 5.51. The fourth-order valence-electron chi connectivity index (χ4n) is 3.04. The molecule has 4 heteroatoms. The van der Waals surface area contributed by atoms with E-state index in [0.717, 1.165) is 42.9 Å². The maximum atomic E-state index is 9.76. The van der Waals surface area contributed by atoms with E-state index >= 15 is 0 Å². The minimum absolute atomic E-state index is 0.756. The first-order valence-corrected chi connectivity index (χ1v) is 8.10. The third kappa shape index (κ3) is 1.94. The fraction of sp³-hybridized carbons (Fsp3) is 0.105. The van der Waals surface area contributed by atoms with Gasteiger partial charge in [0.15, 0.2) is 0 Å². The van der Waals surface area contributed by atoms with E-state index in [0.29, 0.717) is 0 Å². The van der Waals surface area contributed by atoms with Gasteiger partial charge in [-0.25, -0.2) is 0 Å². The van der Waals surface area contributed by atoms with E-state index in [2.05, 4.69) is 29.8 Å². The van der Waals surface area contributed by atoms with Gasteiger partial charge >= 0.3 is 0 Å². The van der Waals surface area contributed by atoms with Gasteiger partial charge in [0.2, 0.25) is 0 Å². The molecular formula is C19H14N2OS. The summed E-state index contributed by atoms with van der Waals surface area (Å²) in [7, 11) is 3.71. The monoisotopic (exact) mass is 318 g/mol. The molecule has 4 aromatic rings. The van der Waals surface area contributed by atoms with Crippen LogP contribution in [0.15, 0.2) is 48.5 Å². The predicted octanol–water partition coefficient (Wildman–Crippen LogP) is 4.94. The van der Waals surface area contributed by atoms with E-state index in [-0.39, 0.29) is 0 Å². The smallest absolute Gasteiger partial charge is 0.118 e. The highest BCUT2D eigenvalue weighted by atomic mass is 32.1. The first-order chi connectivity index (χ1) is 11.2. The normalized spacial score (nSPS) is 11.0. The first kappa shape index (κ1) is 13.9. The summed E-state index contributed by atoms with van der Waals surface area (Å²) in [5.74, 6) is 0.818. The van der Waals surface area contributed by atoms with Crippen molar-refractivity contribution in [2.75, 3.05) is 7.11 Å². The van der Waals surface area contributed by atoms with Crippen molar-refractivity contribution in [3.05, 3.63) is 54.1 Å². The quantitative estimate of drug-likeness (QED) is 0.525. The Kier molecular flexibility index (Phi) is 3.10. The van der Waals surface area contributed by atoms with E-state index < -0.39 is 0 Å². The van der Waals surface area contributed by atoms with Crippen LogP contribution < -0.4 is 4.74 Å². The van der Waals surface area contributed by atoms with Gasteiger partial charge in [-0.15, -0.1) is 11.3 Å². The van der Waals surface area contributed by atoms with E-state index in [1.807, 2.05) is 36.4 Å². The SMILES string of the molecule is COc1ccc(-c2sc3c(c2C#N)c2ccccc2n3C)cc1. The van der Waals surface area contributed by atoms with Crippen LogP contribution in [0.3, 0.4) is 0 Å². The zero-order chi connectivity index (χ0) is 16.0. The molecule has 3 nitrogen and oxygen atoms in total. The molecule has 0 radical (unpaired) electrons. The predicted molar refractivity (Wildman–Crippen MR) is 95.0 cm³/mol. The van der Waals surface area contributed by atoms with Crippen molar-refractivity contribution in [2.24, 2.45) is 7.05 Å². The second kappa shape index (κ2) is 5.15. The third-order valence-electron chi connectivity index (χ3n) is 4.19. The average Bonchev–Trinajstić information content (AvgIpc) is 3.12. The summed E-state index contributed by atoms with van der Waals surface area (Å²) in [5, 5.41) is 12.0. The van der Waals surface area contributed by atoms with Gasteiger partial charge in [-0.3, -0.25) is 0 Å². The Labute approximate surface area is 138 Å². The van der Waals surface area contributed by atoms with Crippen LogP contribution in [0.1, 0.15) is 5.56 Å². The summed E-state index contributed by atoms with van der Waals surface area (Å²) >= 11 is 1.67. The number of nitrogens with zero attached hydrogens (tertiary/aromatic N) is 2. The number of para-hydroxylation sites is 1. The number of fused-ring (bicyclic) bond motifs is 3. The summed E-state index contributed by atoms with van der Waals surface area (Å²) in [4.78, 5) is 2.15. The lowest BCUT2D eigenvalue weighted by atomic mass is 10.1. The summed E-state index contributed by atoms with van der Waals surface area (Å²) < 4.78 is 7.39. The topological polar surface area (TPSA) is 37.9 Å². The van der Waals surface area contributed by atoms with Crippen LogP contribution in [-0.4, -0.2) is 11.7 Å². The minimum atomic E-state index is 0.756. The van der Waals surface area contributed by atoms with Crippen LogP contribution in [-0.2, 0) is 7.05 Å². The minimum Gasteiger partial charge on any atom is -0.497 e. The molecular weight excluding hydrogens is 304 g/mol. The molecule has 0 fully saturated rings. The number of hydrogen-bond donors (Lipinski definition) is 0. The molecule has 2 aromatic carbocycles. The number of nitriles is 1. The van der Waals surface area contributed by atoms with Crippen molar-refractivity contribution < 1.29 is 4.74 Å². The zero-order valence-corrected chi connectivity index (χ0v) is 13.6. The molecule has 4 rings (SSSR count). The standard InChI is InChI=1S/C19H14N2OS/c1-21-16-6-4-3-5-14(16)17-15(11-20)18(23-19(17)21)12-7-9-13(22-2)10-8-12/h3-10H,1-2H3. The Morgan fingerprint density at radius 2 is 1.83 bits per heavy atom. The second-order valence-corrected chi connectivity index (χ2v) is 6.40. The summed E-state index contributed by atoms with van der Waals surface area (Å²) in [6.45, 7) is 0. The molecule has 0 aliphatic rings. The molecule has 0 saturated heterocycles. The van der Waals surface area contributed by atoms with Crippen molar-refractivity contribution in [1.29, 1.82) is 5.26 Å². The van der Waals surface area contributed by atoms with Gasteiger partial charge in [-0.05, 0) is 35.9 Å². The Balaban J connectivity index is 2.05. The fourth-order valence-corrected chi connectivity index (χ4v) is 4.29. The Hall–Kier alpha value is -2.77. The molecule has 112 valence electrons. The van der Waals surface area contributed by atoms with Crippen molar-refractivity contribution in [2.45, 2.75) is 0 Å². The van der Waals surface area contributed by atoms with E-state index in [4.69, 9.17) is 4.74 Å². The molecule has 0 unspecified atom stereocenters.